The molecule has 2 rings (SSSR count). The summed E-state index contributed by atoms with van der Waals surface area (Å²) in [5.41, 5.74) is 0.930. The van der Waals surface area contributed by atoms with Crippen molar-refractivity contribution in [3.63, 3.8) is 0 Å². The molecule has 0 fully saturated rings. The zero-order valence-electron chi connectivity index (χ0n) is 7.34. The molecule has 0 aliphatic carbocycles. The number of halogens is 1. The predicted octanol–water partition coefficient (Wildman–Crippen LogP) is -1.46. The van der Waals surface area contributed by atoms with Crippen LogP contribution in [-0.4, -0.2) is 17.3 Å². The molecule has 1 aromatic rings. The molecule has 0 bridgehead atoms. The second kappa shape index (κ2) is 3.65. The van der Waals surface area contributed by atoms with Crippen molar-refractivity contribution in [3.05, 3.63) is 27.3 Å². The summed E-state index contributed by atoms with van der Waals surface area (Å²) in [7, 11) is 1.66. The molecule has 0 unspecified atom stereocenters. The van der Waals surface area contributed by atoms with Gasteiger partial charge in [0.1, 0.15) is 0 Å². The summed E-state index contributed by atoms with van der Waals surface area (Å²) in [5.74, 6) is 1.16. The third-order valence-electron chi connectivity index (χ3n) is 2.04. The van der Waals surface area contributed by atoms with Crippen LogP contribution >= 0.6 is 0 Å². The van der Waals surface area contributed by atoms with E-state index in [0.29, 0.717) is 5.78 Å². The van der Waals surface area contributed by atoms with Crippen LogP contribution in [0.25, 0.3) is 0 Å². The maximum absolute atomic E-state index is 11.5. The Morgan fingerprint density at radius 3 is 3.08 bits per heavy atom. The fourth-order valence-corrected chi connectivity index (χ4v) is 4.09. The molecule has 13 heavy (non-hydrogen) atoms. The molecular weight excluding hydrogens is 279 g/mol. The zero-order chi connectivity index (χ0) is 9.26. The first-order chi connectivity index (χ1) is 6.31. The number of fused-ring (bicyclic) bond motifs is 1. The van der Waals surface area contributed by atoms with E-state index < -0.39 is 0 Å². The molecule has 0 atom stereocenters. The summed E-state index contributed by atoms with van der Waals surface area (Å²) in [6, 6.07) is 5.78. The van der Waals surface area contributed by atoms with E-state index in [2.05, 4.69) is 0 Å². The number of carbonyl (C=O) groups is 1. The monoisotopic (exact) mass is 289 g/mol. The first-order valence-electron chi connectivity index (χ1n) is 4.11. The summed E-state index contributed by atoms with van der Waals surface area (Å²) >= 11 is 0.0441. The van der Waals surface area contributed by atoms with Crippen molar-refractivity contribution in [2.24, 2.45) is 0 Å². The molecule has 1 heterocycles. The van der Waals surface area contributed by atoms with Gasteiger partial charge in [-0.2, -0.15) is 0 Å². The van der Waals surface area contributed by atoms with Crippen molar-refractivity contribution in [1.29, 1.82) is 0 Å². The van der Waals surface area contributed by atoms with Crippen molar-refractivity contribution in [2.45, 2.75) is 6.42 Å². The van der Waals surface area contributed by atoms with E-state index in [1.54, 1.807) is 7.11 Å². The first kappa shape index (κ1) is 8.99. The molecule has 1 aliphatic heterocycles. The Hall–Kier alpha value is -0.580. The Morgan fingerprint density at radius 2 is 2.31 bits per heavy atom. The Labute approximate surface area is 87.5 Å². The average molecular weight is 289 g/mol. The van der Waals surface area contributed by atoms with E-state index in [-0.39, 0.29) is 21.2 Å². The summed E-state index contributed by atoms with van der Waals surface area (Å²) in [5, 5.41) is 0. The van der Waals surface area contributed by atoms with Crippen molar-refractivity contribution >= 4 is 5.78 Å². The molecule has 0 saturated heterocycles. The molecule has 0 amide bonds. The van der Waals surface area contributed by atoms with E-state index in [4.69, 9.17) is 4.74 Å². The number of ketones is 1. The standard InChI is InChI=1S/C10H10IO2/c1-13-7-2-3-8-9(6-7)11-5-4-10(8)12/h2-3,6H,4-5H2,1H3/q-1. The van der Waals surface area contributed by atoms with Gasteiger partial charge in [-0.1, -0.05) is 0 Å². The molecule has 70 valence electrons. The van der Waals surface area contributed by atoms with Gasteiger partial charge < -0.3 is 0 Å². The number of methoxy groups -OCH3 is 1. The molecule has 0 aromatic heterocycles. The average Bonchev–Trinajstić information content (AvgIpc) is 2.18. The third kappa shape index (κ3) is 1.70. The first-order valence-corrected chi connectivity index (χ1v) is 6.72. The second-order valence-electron chi connectivity index (χ2n) is 2.84. The number of Topliss-reactive ketones (excluding diaryl/α,β-unsaturated/α-hetero) is 1. The van der Waals surface area contributed by atoms with Gasteiger partial charge in [-0.25, -0.2) is 0 Å². The molecule has 1 aliphatic rings. The Morgan fingerprint density at radius 1 is 1.46 bits per heavy atom. The molecule has 0 spiro atoms. The van der Waals surface area contributed by atoms with Gasteiger partial charge in [-0.05, 0) is 0 Å². The van der Waals surface area contributed by atoms with Crippen LogP contribution in [0.1, 0.15) is 16.8 Å². The van der Waals surface area contributed by atoms with Crippen LogP contribution in [-0.2, 0) is 0 Å². The number of ether oxygens (including phenoxy) is 1. The van der Waals surface area contributed by atoms with Crippen LogP contribution in [0.4, 0.5) is 0 Å². The van der Waals surface area contributed by atoms with Crippen molar-refractivity contribution in [3.8, 4) is 5.75 Å². The molecular formula is C10H10IO2-. The van der Waals surface area contributed by atoms with E-state index in [9.17, 15) is 4.79 Å². The molecule has 3 heteroatoms. The van der Waals surface area contributed by atoms with Gasteiger partial charge >= 0.3 is 87.6 Å². The van der Waals surface area contributed by atoms with E-state index in [0.717, 1.165) is 22.2 Å². The molecule has 2 nitrogen and oxygen atoms in total. The molecule has 0 saturated carbocycles. The number of carbonyl (C=O) groups excluding carboxylic acids is 1. The number of benzene rings is 1. The Balaban J connectivity index is 2.45. The molecule has 1 aromatic carbocycles. The van der Waals surface area contributed by atoms with E-state index >= 15 is 0 Å². The minimum absolute atomic E-state index is 0.0441. The number of hydrogen-bond acceptors (Lipinski definition) is 2. The number of rotatable bonds is 1. The normalized spacial score (nSPS) is 15.9. The van der Waals surface area contributed by atoms with Crippen LogP contribution in [0.15, 0.2) is 18.2 Å². The topological polar surface area (TPSA) is 26.3 Å². The fraction of sp³-hybridized carbons (Fsp3) is 0.300. The number of alkyl halides is 1. The van der Waals surface area contributed by atoms with Crippen molar-refractivity contribution in [1.82, 2.24) is 0 Å². The van der Waals surface area contributed by atoms with Gasteiger partial charge in [-0.15, -0.1) is 0 Å². The van der Waals surface area contributed by atoms with Crippen molar-refractivity contribution < 1.29 is 30.7 Å². The van der Waals surface area contributed by atoms with Crippen LogP contribution in [0, 0.1) is 3.57 Å². The van der Waals surface area contributed by atoms with Crippen molar-refractivity contribution in [2.75, 3.05) is 11.5 Å². The van der Waals surface area contributed by atoms with Gasteiger partial charge in [0.25, 0.3) is 0 Å². The van der Waals surface area contributed by atoms with E-state index in [1.165, 1.54) is 3.57 Å². The van der Waals surface area contributed by atoms with Crippen LogP contribution in [0.3, 0.4) is 0 Å². The van der Waals surface area contributed by atoms with Gasteiger partial charge in [0, 0.05) is 0 Å². The van der Waals surface area contributed by atoms with Gasteiger partial charge in [0.15, 0.2) is 0 Å². The van der Waals surface area contributed by atoms with Gasteiger partial charge in [0.05, 0.1) is 0 Å². The minimum atomic E-state index is 0.0441. The Kier molecular flexibility index (Phi) is 2.53. The second-order valence-corrected chi connectivity index (χ2v) is 5.85. The number of hydrogen-bond donors (Lipinski definition) is 0. The molecule has 0 radical (unpaired) electrons. The van der Waals surface area contributed by atoms with Crippen LogP contribution < -0.4 is 25.9 Å². The summed E-state index contributed by atoms with van der Waals surface area (Å²) < 4.78 is 7.45. The molecule has 0 N–H and O–H groups in total. The quantitative estimate of drug-likeness (QED) is 0.467. The zero-order valence-corrected chi connectivity index (χ0v) is 9.50. The Bertz CT molecular complexity index is 347. The summed E-state index contributed by atoms with van der Waals surface area (Å²) in [6.45, 7) is 0. The maximum atomic E-state index is 11.5. The summed E-state index contributed by atoms with van der Waals surface area (Å²) in [6.07, 6.45) is 0.743. The van der Waals surface area contributed by atoms with Crippen LogP contribution in [0.5, 0.6) is 5.75 Å². The van der Waals surface area contributed by atoms with Gasteiger partial charge in [0.2, 0.25) is 0 Å². The predicted molar refractivity (Wildman–Crippen MR) is 45.5 cm³/mol. The third-order valence-corrected chi connectivity index (χ3v) is 4.83. The SMILES string of the molecule is COc1ccc2c(c1)[I-]CCC2=O. The van der Waals surface area contributed by atoms with E-state index in [1.807, 2.05) is 18.2 Å². The summed E-state index contributed by atoms with van der Waals surface area (Å²) in [4.78, 5) is 11.5. The fourth-order valence-electron chi connectivity index (χ4n) is 1.33. The van der Waals surface area contributed by atoms with Crippen LogP contribution in [0.2, 0.25) is 0 Å². The van der Waals surface area contributed by atoms with Gasteiger partial charge in [-0.3, -0.25) is 0 Å².